The smallest absolute Gasteiger partial charge is 0.220 e. The fourth-order valence-corrected chi connectivity index (χ4v) is 2.55. The maximum absolute atomic E-state index is 13.0. The number of halogens is 1. The summed E-state index contributed by atoms with van der Waals surface area (Å²) in [4.78, 5) is 16.1. The van der Waals surface area contributed by atoms with E-state index in [1.54, 1.807) is 18.3 Å². The fraction of sp³-hybridized carbons (Fsp3) is 0.238. The van der Waals surface area contributed by atoms with Gasteiger partial charge in [0.25, 0.3) is 0 Å². The van der Waals surface area contributed by atoms with Gasteiger partial charge >= 0.3 is 0 Å². The summed E-state index contributed by atoms with van der Waals surface area (Å²) >= 11 is 0. The van der Waals surface area contributed by atoms with E-state index in [4.69, 9.17) is 9.15 Å². The number of nitrogens with one attached hydrogen (secondary N) is 1. The maximum Gasteiger partial charge on any atom is 0.220 e. The molecule has 0 saturated carbocycles. The van der Waals surface area contributed by atoms with Crippen molar-refractivity contribution in [1.29, 1.82) is 0 Å². The Bertz CT molecular complexity index is 890. The van der Waals surface area contributed by atoms with Gasteiger partial charge in [0, 0.05) is 18.4 Å². The molecule has 0 aliphatic heterocycles. The van der Waals surface area contributed by atoms with Crippen LogP contribution in [0.5, 0.6) is 5.75 Å². The van der Waals surface area contributed by atoms with Crippen LogP contribution >= 0.6 is 0 Å². The molecule has 0 radical (unpaired) electrons. The highest BCUT2D eigenvalue weighted by Gasteiger charge is 2.09. The van der Waals surface area contributed by atoms with Gasteiger partial charge in [-0.15, -0.1) is 0 Å². The van der Waals surface area contributed by atoms with Crippen LogP contribution in [0.25, 0.3) is 11.3 Å². The molecule has 140 valence electrons. The van der Waals surface area contributed by atoms with Gasteiger partial charge in [-0.25, -0.2) is 9.37 Å². The average molecular weight is 368 g/mol. The van der Waals surface area contributed by atoms with Crippen molar-refractivity contribution < 1.29 is 18.3 Å². The molecule has 2 aromatic carbocycles. The normalized spacial score (nSPS) is 10.6. The number of aromatic nitrogens is 1. The number of rotatable bonds is 8. The zero-order chi connectivity index (χ0) is 19.1. The standard InChI is InChI=1S/C21H21FN2O3/c1-15-3-2-4-18(13-15)26-12-11-23-20(25)9-10-21-24-14-19(27-21)16-5-7-17(22)8-6-16/h2-8,13-14H,9-12H2,1H3,(H,23,25). The predicted molar refractivity (Wildman–Crippen MR) is 99.9 cm³/mol. The molecule has 0 spiro atoms. The second kappa shape index (κ2) is 8.98. The van der Waals surface area contributed by atoms with E-state index in [2.05, 4.69) is 10.3 Å². The van der Waals surface area contributed by atoms with E-state index in [-0.39, 0.29) is 18.1 Å². The molecule has 0 aliphatic carbocycles. The van der Waals surface area contributed by atoms with Crippen LogP contribution < -0.4 is 10.1 Å². The zero-order valence-electron chi connectivity index (χ0n) is 15.1. The number of ether oxygens (including phenoxy) is 1. The van der Waals surface area contributed by atoms with Crippen LogP contribution in [0, 0.1) is 12.7 Å². The van der Waals surface area contributed by atoms with Crippen LogP contribution in [0.15, 0.2) is 59.1 Å². The molecule has 1 amide bonds. The second-order valence-electron chi connectivity index (χ2n) is 6.14. The second-order valence-corrected chi connectivity index (χ2v) is 6.14. The average Bonchev–Trinajstić information content (AvgIpc) is 3.13. The maximum atomic E-state index is 13.0. The number of carbonyl (C=O) groups excluding carboxylic acids is 1. The predicted octanol–water partition coefficient (Wildman–Crippen LogP) is 3.92. The number of hydrogen-bond donors (Lipinski definition) is 1. The highest BCUT2D eigenvalue weighted by Crippen LogP contribution is 2.21. The Balaban J connectivity index is 1.38. The molecule has 27 heavy (non-hydrogen) atoms. The van der Waals surface area contributed by atoms with Gasteiger partial charge in [0.15, 0.2) is 11.7 Å². The minimum absolute atomic E-state index is 0.0932. The van der Waals surface area contributed by atoms with Gasteiger partial charge < -0.3 is 14.5 Å². The Morgan fingerprint density at radius 2 is 2.04 bits per heavy atom. The molecular formula is C21H21FN2O3. The lowest BCUT2D eigenvalue weighted by Crippen LogP contribution is -2.28. The van der Waals surface area contributed by atoms with Crippen molar-refractivity contribution in [3.8, 4) is 17.1 Å². The number of oxazole rings is 1. The summed E-state index contributed by atoms with van der Waals surface area (Å²) in [6, 6.07) is 13.7. The molecule has 3 rings (SSSR count). The summed E-state index contributed by atoms with van der Waals surface area (Å²) in [6.45, 7) is 2.83. The Morgan fingerprint density at radius 1 is 1.22 bits per heavy atom. The lowest BCUT2D eigenvalue weighted by Gasteiger charge is -2.08. The van der Waals surface area contributed by atoms with Gasteiger partial charge in [-0.1, -0.05) is 12.1 Å². The first kappa shape index (κ1) is 18.6. The summed E-state index contributed by atoms with van der Waals surface area (Å²) in [5.74, 6) is 1.42. The van der Waals surface area contributed by atoms with Crippen LogP contribution in [0.1, 0.15) is 17.9 Å². The number of aryl methyl sites for hydroxylation is 2. The Morgan fingerprint density at radius 3 is 2.81 bits per heavy atom. The van der Waals surface area contributed by atoms with E-state index < -0.39 is 0 Å². The molecule has 6 heteroatoms. The third-order valence-electron chi connectivity index (χ3n) is 3.93. The minimum Gasteiger partial charge on any atom is -0.492 e. The van der Waals surface area contributed by atoms with E-state index in [1.165, 1.54) is 12.1 Å². The zero-order valence-corrected chi connectivity index (χ0v) is 15.1. The van der Waals surface area contributed by atoms with E-state index in [0.29, 0.717) is 31.2 Å². The molecular weight excluding hydrogens is 347 g/mol. The summed E-state index contributed by atoms with van der Waals surface area (Å²) in [6.07, 6.45) is 2.25. The molecule has 0 bridgehead atoms. The largest absolute Gasteiger partial charge is 0.492 e. The van der Waals surface area contributed by atoms with Crippen molar-refractivity contribution in [2.45, 2.75) is 19.8 Å². The Labute approximate surface area is 157 Å². The summed E-state index contributed by atoms with van der Waals surface area (Å²) in [5.41, 5.74) is 1.87. The van der Waals surface area contributed by atoms with Gasteiger partial charge in [-0.3, -0.25) is 4.79 Å². The monoisotopic (exact) mass is 368 g/mol. The summed E-state index contributed by atoms with van der Waals surface area (Å²) < 4.78 is 24.2. The van der Waals surface area contributed by atoms with Crippen molar-refractivity contribution in [2.75, 3.05) is 13.2 Å². The van der Waals surface area contributed by atoms with Crippen LogP contribution in [0.4, 0.5) is 4.39 Å². The first-order chi connectivity index (χ1) is 13.1. The van der Waals surface area contributed by atoms with Crippen molar-refractivity contribution in [3.63, 3.8) is 0 Å². The topological polar surface area (TPSA) is 64.4 Å². The van der Waals surface area contributed by atoms with Crippen LogP contribution in [-0.2, 0) is 11.2 Å². The molecule has 0 atom stereocenters. The third-order valence-corrected chi connectivity index (χ3v) is 3.93. The lowest BCUT2D eigenvalue weighted by atomic mass is 10.2. The number of benzene rings is 2. The Kier molecular flexibility index (Phi) is 6.20. The van der Waals surface area contributed by atoms with Crippen molar-refractivity contribution in [2.24, 2.45) is 0 Å². The molecule has 0 aliphatic rings. The fourth-order valence-electron chi connectivity index (χ4n) is 2.55. The van der Waals surface area contributed by atoms with Gasteiger partial charge in [0.2, 0.25) is 5.91 Å². The van der Waals surface area contributed by atoms with E-state index in [9.17, 15) is 9.18 Å². The molecule has 0 saturated heterocycles. The van der Waals surface area contributed by atoms with Gasteiger partial charge in [0.1, 0.15) is 18.2 Å². The van der Waals surface area contributed by atoms with Gasteiger partial charge in [0.05, 0.1) is 12.7 Å². The van der Waals surface area contributed by atoms with Crippen LogP contribution in [-0.4, -0.2) is 24.0 Å². The molecule has 0 unspecified atom stereocenters. The van der Waals surface area contributed by atoms with Crippen molar-refractivity contribution >= 4 is 5.91 Å². The van der Waals surface area contributed by atoms with E-state index in [0.717, 1.165) is 16.9 Å². The van der Waals surface area contributed by atoms with Crippen molar-refractivity contribution in [3.05, 3.63) is 72.0 Å². The highest BCUT2D eigenvalue weighted by molar-refractivity contribution is 5.76. The summed E-state index contributed by atoms with van der Waals surface area (Å²) in [5, 5.41) is 2.81. The van der Waals surface area contributed by atoms with Crippen molar-refractivity contribution in [1.82, 2.24) is 10.3 Å². The molecule has 5 nitrogen and oxygen atoms in total. The molecule has 0 fully saturated rings. The van der Waals surface area contributed by atoms with E-state index >= 15 is 0 Å². The number of hydrogen-bond acceptors (Lipinski definition) is 4. The third kappa shape index (κ3) is 5.67. The van der Waals surface area contributed by atoms with E-state index in [1.807, 2.05) is 31.2 Å². The summed E-state index contributed by atoms with van der Waals surface area (Å²) in [7, 11) is 0. The number of nitrogens with zero attached hydrogens (tertiary/aromatic N) is 1. The molecule has 3 aromatic rings. The van der Waals surface area contributed by atoms with Crippen LogP contribution in [0.3, 0.4) is 0 Å². The van der Waals surface area contributed by atoms with Gasteiger partial charge in [-0.05, 0) is 48.9 Å². The number of carbonyl (C=O) groups is 1. The van der Waals surface area contributed by atoms with Gasteiger partial charge in [-0.2, -0.15) is 0 Å². The minimum atomic E-state index is -0.304. The molecule has 1 aromatic heterocycles. The number of amides is 1. The molecule has 1 heterocycles. The lowest BCUT2D eigenvalue weighted by molar-refractivity contribution is -0.121. The van der Waals surface area contributed by atoms with Crippen LogP contribution in [0.2, 0.25) is 0 Å². The first-order valence-corrected chi connectivity index (χ1v) is 8.77. The SMILES string of the molecule is Cc1cccc(OCCNC(=O)CCc2ncc(-c3ccc(F)cc3)o2)c1. The Hall–Kier alpha value is -3.15. The quantitative estimate of drug-likeness (QED) is 0.612. The first-order valence-electron chi connectivity index (χ1n) is 8.77. The molecule has 1 N–H and O–H groups in total. The highest BCUT2D eigenvalue weighted by atomic mass is 19.1.